The lowest BCUT2D eigenvalue weighted by atomic mass is 9.76. The van der Waals surface area contributed by atoms with Crippen LogP contribution in [0.1, 0.15) is 24.0 Å². The Hall–Kier alpha value is -3.01. The van der Waals surface area contributed by atoms with Crippen molar-refractivity contribution < 1.29 is 9.72 Å². The van der Waals surface area contributed by atoms with E-state index in [1.165, 1.54) is 0 Å². The van der Waals surface area contributed by atoms with Crippen LogP contribution < -0.4 is 0 Å². The number of benzene rings is 2. The Balaban J connectivity index is 1.82. The first-order valence-corrected chi connectivity index (χ1v) is 8.75. The maximum absolute atomic E-state index is 12.2. The zero-order chi connectivity index (χ0) is 18.4. The van der Waals surface area contributed by atoms with Gasteiger partial charge in [-0.15, -0.1) is 0 Å². The molecule has 0 unspecified atom stereocenters. The normalized spacial score (nSPS) is 21.5. The molecule has 26 heavy (non-hydrogen) atoms. The molecule has 4 heteroatoms. The van der Waals surface area contributed by atoms with Gasteiger partial charge >= 0.3 is 0 Å². The van der Waals surface area contributed by atoms with Gasteiger partial charge in [0.15, 0.2) is 0 Å². The molecule has 0 aromatic heterocycles. The molecular formula is C22H21NO3. The van der Waals surface area contributed by atoms with Crippen LogP contribution in [0.25, 0.3) is 12.2 Å². The molecular weight excluding hydrogens is 326 g/mol. The van der Waals surface area contributed by atoms with Crippen molar-refractivity contribution in [1.82, 2.24) is 0 Å². The van der Waals surface area contributed by atoms with E-state index in [9.17, 15) is 14.9 Å². The molecule has 0 aliphatic heterocycles. The Bertz CT molecular complexity index is 750. The highest BCUT2D eigenvalue weighted by atomic mass is 16.6. The Kier molecular flexibility index (Phi) is 5.74. The van der Waals surface area contributed by atoms with Gasteiger partial charge in [-0.1, -0.05) is 85.0 Å². The third-order valence-electron chi connectivity index (χ3n) is 4.72. The lowest BCUT2D eigenvalue weighted by Crippen LogP contribution is -2.41. The van der Waals surface area contributed by atoms with Gasteiger partial charge in [-0.25, -0.2) is 0 Å². The largest absolute Gasteiger partial charge is 0.300 e. The number of carbonyl (C=O) groups excluding carboxylic acids is 1. The second kappa shape index (κ2) is 8.39. The molecule has 4 nitrogen and oxygen atoms in total. The predicted octanol–water partition coefficient (Wildman–Crippen LogP) is 4.65. The zero-order valence-electron chi connectivity index (χ0n) is 14.4. The van der Waals surface area contributed by atoms with Crippen molar-refractivity contribution in [3.63, 3.8) is 0 Å². The van der Waals surface area contributed by atoms with Gasteiger partial charge in [0.1, 0.15) is 5.78 Å². The Morgan fingerprint density at radius 1 is 0.808 bits per heavy atom. The van der Waals surface area contributed by atoms with Gasteiger partial charge < -0.3 is 0 Å². The number of ketones is 1. The van der Waals surface area contributed by atoms with E-state index in [-0.39, 0.29) is 23.5 Å². The van der Waals surface area contributed by atoms with Crippen molar-refractivity contribution in [3.8, 4) is 0 Å². The van der Waals surface area contributed by atoms with Crippen LogP contribution in [0.2, 0.25) is 0 Å². The molecule has 0 heterocycles. The molecule has 0 radical (unpaired) electrons. The summed E-state index contributed by atoms with van der Waals surface area (Å²) in [6.45, 7) is 0. The van der Waals surface area contributed by atoms with E-state index >= 15 is 0 Å². The number of hydrogen-bond acceptors (Lipinski definition) is 3. The van der Waals surface area contributed by atoms with Crippen molar-refractivity contribution >= 4 is 17.9 Å². The van der Waals surface area contributed by atoms with E-state index in [1.54, 1.807) is 0 Å². The maximum atomic E-state index is 12.2. The Morgan fingerprint density at radius 3 is 1.62 bits per heavy atom. The lowest BCUT2D eigenvalue weighted by molar-refractivity contribution is -0.538. The minimum atomic E-state index is -0.785. The van der Waals surface area contributed by atoms with Gasteiger partial charge in [0.2, 0.25) is 6.04 Å². The zero-order valence-corrected chi connectivity index (χ0v) is 14.4. The number of rotatable bonds is 5. The topological polar surface area (TPSA) is 60.2 Å². The monoisotopic (exact) mass is 347 g/mol. The van der Waals surface area contributed by atoms with Crippen LogP contribution in [-0.2, 0) is 4.79 Å². The fraction of sp³-hybridized carbons (Fsp3) is 0.227. The van der Waals surface area contributed by atoms with Gasteiger partial charge in [-0.2, -0.15) is 0 Å². The van der Waals surface area contributed by atoms with Crippen LogP contribution in [0.5, 0.6) is 0 Å². The number of Topliss-reactive ketones (excluding diaryl/α,β-unsaturated/α-hetero) is 1. The van der Waals surface area contributed by atoms with E-state index in [0.29, 0.717) is 0 Å². The first-order valence-electron chi connectivity index (χ1n) is 8.75. The van der Waals surface area contributed by atoms with E-state index in [1.807, 2.05) is 85.0 Å². The molecule has 2 aromatic carbocycles. The highest BCUT2D eigenvalue weighted by Crippen LogP contribution is 2.32. The van der Waals surface area contributed by atoms with Crippen molar-refractivity contribution in [2.45, 2.75) is 18.9 Å². The van der Waals surface area contributed by atoms with Crippen molar-refractivity contribution in [3.05, 3.63) is 94.1 Å². The molecule has 2 aromatic rings. The number of nitrogens with zero attached hydrogens (tertiary/aromatic N) is 1. The second-order valence-electron chi connectivity index (χ2n) is 6.59. The highest BCUT2D eigenvalue weighted by Gasteiger charge is 2.42. The third-order valence-corrected chi connectivity index (χ3v) is 4.72. The summed E-state index contributed by atoms with van der Waals surface area (Å²) in [4.78, 5) is 23.7. The molecule has 0 N–H and O–H groups in total. The summed E-state index contributed by atoms with van der Waals surface area (Å²) in [7, 11) is 0. The average molecular weight is 347 g/mol. The molecule has 0 spiro atoms. The van der Waals surface area contributed by atoms with Crippen molar-refractivity contribution in [2.24, 2.45) is 11.8 Å². The Labute approximate surface area is 153 Å². The van der Waals surface area contributed by atoms with Crippen LogP contribution in [0.15, 0.2) is 72.8 Å². The fourth-order valence-electron chi connectivity index (χ4n) is 3.44. The summed E-state index contributed by atoms with van der Waals surface area (Å²) in [5.74, 6) is -0.706. The smallest absolute Gasteiger partial charge is 0.226 e. The Morgan fingerprint density at radius 2 is 1.23 bits per heavy atom. The first kappa shape index (κ1) is 17.8. The van der Waals surface area contributed by atoms with E-state index in [4.69, 9.17) is 0 Å². The lowest BCUT2D eigenvalue weighted by Gasteiger charge is -2.28. The van der Waals surface area contributed by atoms with E-state index < -0.39 is 17.9 Å². The molecule has 0 amide bonds. The van der Waals surface area contributed by atoms with Crippen LogP contribution in [-0.4, -0.2) is 16.7 Å². The highest BCUT2D eigenvalue weighted by molar-refractivity contribution is 5.81. The first-order chi connectivity index (χ1) is 12.6. The fourth-order valence-corrected chi connectivity index (χ4v) is 3.44. The van der Waals surface area contributed by atoms with Gasteiger partial charge in [0, 0.05) is 17.8 Å². The third kappa shape index (κ3) is 4.54. The van der Waals surface area contributed by atoms with Gasteiger partial charge in [-0.05, 0) is 11.1 Å². The summed E-state index contributed by atoms with van der Waals surface area (Å²) in [5.41, 5.74) is 1.95. The molecule has 0 bridgehead atoms. The summed E-state index contributed by atoms with van der Waals surface area (Å²) >= 11 is 0. The molecule has 1 aliphatic carbocycles. The second-order valence-corrected chi connectivity index (χ2v) is 6.59. The number of nitro groups is 1. The van der Waals surface area contributed by atoms with E-state index in [2.05, 4.69) is 0 Å². The summed E-state index contributed by atoms with van der Waals surface area (Å²) < 4.78 is 0. The van der Waals surface area contributed by atoms with Gasteiger partial charge in [-0.3, -0.25) is 14.9 Å². The standard InChI is InChI=1S/C22H21NO3/c24-21-15-19(13-11-17-7-3-1-4-8-17)22(23(25)26)20(16-21)14-12-18-9-5-2-6-10-18/h1-14,19-20,22H,15-16H2/b13-11+,14-12+/t19-,20-/m1/s1. The quantitative estimate of drug-likeness (QED) is 0.584. The molecule has 0 saturated heterocycles. The predicted molar refractivity (Wildman–Crippen MR) is 103 cm³/mol. The summed E-state index contributed by atoms with van der Waals surface area (Å²) in [5, 5.41) is 11.7. The maximum Gasteiger partial charge on any atom is 0.226 e. The summed E-state index contributed by atoms with van der Waals surface area (Å²) in [6, 6.07) is 18.5. The molecule has 132 valence electrons. The molecule has 3 rings (SSSR count). The van der Waals surface area contributed by atoms with Crippen LogP contribution in [0.4, 0.5) is 0 Å². The molecule has 2 atom stereocenters. The van der Waals surface area contributed by atoms with Crippen LogP contribution in [0.3, 0.4) is 0 Å². The SMILES string of the molecule is O=C1C[C@@H](/C=C/c2ccccc2)C([N+](=O)[O-])[C@H](/C=C/c2ccccc2)C1. The van der Waals surface area contributed by atoms with Crippen molar-refractivity contribution in [1.29, 1.82) is 0 Å². The van der Waals surface area contributed by atoms with Gasteiger partial charge in [0.05, 0.1) is 11.8 Å². The average Bonchev–Trinajstić information content (AvgIpc) is 2.65. The van der Waals surface area contributed by atoms with Crippen LogP contribution >= 0.6 is 0 Å². The minimum absolute atomic E-state index is 0.0773. The number of hydrogen-bond donors (Lipinski definition) is 0. The molecule has 1 aliphatic rings. The number of carbonyl (C=O) groups is 1. The minimum Gasteiger partial charge on any atom is -0.300 e. The van der Waals surface area contributed by atoms with Gasteiger partial charge in [0.25, 0.3) is 0 Å². The van der Waals surface area contributed by atoms with Crippen LogP contribution in [0, 0.1) is 22.0 Å². The van der Waals surface area contributed by atoms with Crippen molar-refractivity contribution in [2.75, 3.05) is 0 Å². The van der Waals surface area contributed by atoms with E-state index in [0.717, 1.165) is 11.1 Å². The molecule has 1 saturated carbocycles. The molecule has 1 fully saturated rings. The summed E-state index contributed by atoms with van der Waals surface area (Å²) in [6.07, 6.45) is 7.84.